The van der Waals surface area contributed by atoms with Crippen LogP contribution in [0.3, 0.4) is 0 Å². The number of carbonyl (C=O) groups is 2. The van der Waals surface area contributed by atoms with Gasteiger partial charge in [0.1, 0.15) is 6.61 Å². The Morgan fingerprint density at radius 1 is 0.311 bits per heavy atom. The fraction of sp³-hybridized carbons (Fsp3) is 0.681. The van der Waals surface area contributed by atoms with Gasteiger partial charge in [0.25, 0.3) is 0 Å². The highest BCUT2D eigenvalue weighted by atomic mass is 16.6. The van der Waals surface area contributed by atoms with Crippen molar-refractivity contribution in [3.8, 4) is 0 Å². The number of hydrogen-bond acceptors (Lipinski definition) is 5. The van der Waals surface area contributed by atoms with Crippen molar-refractivity contribution in [1.82, 2.24) is 0 Å². The molecule has 0 aliphatic heterocycles. The second-order valence-electron chi connectivity index (χ2n) is 20.4. The maximum atomic E-state index is 12.3. The Hall–Kier alpha value is -3.70. The Bertz CT molecular complexity index is 1490. The van der Waals surface area contributed by atoms with Crippen molar-refractivity contribution < 1.29 is 24.2 Å². The minimum absolute atomic E-state index is 0.0751. The van der Waals surface area contributed by atoms with Crippen molar-refractivity contribution in [3.05, 3.63) is 122 Å². The lowest BCUT2D eigenvalue weighted by molar-refractivity contribution is -0.161. The number of aliphatic hydroxyl groups excluding tert-OH is 1. The van der Waals surface area contributed by atoms with Gasteiger partial charge in [0.15, 0.2) is 6.10 Å². The first-order valence-corrected chi connectivity index (χ1v) is 31.1. The Kier molecular flexibility index (Phi) is 60.4. The molecule has 1 atom stereocenters. The van der Waals surface area contributed by atoms with Crippen LogP contribution < -0.4 is 0 Å². The average Bonchev–Trinajstić information content (AvgIpc) is 3.40. The minimum Gasteiger partial charge on any atom is -0.462 e. The van der Waals surface area contributed by atoms with Gasteiger partial charge in [-0.15, -0.1) is 0 Å². The lowest BCUT2D eigenvalue weighted by Gasteiger charge is -2.15. The van der Waals surface area contributed by atoms with Crippen LogP contribution in [0.15, 0.2) is 122 Å². The Morgan fingerprint density at radius 2 is 0.541 bits per heavy atom. The summed E-state index contributed by atoms with van der Waals surface area (Å²) >= 11 is 0. The summed E-state index contributed by atoms with van der Waals surface area (Å²) in [5.74, 6) is -0.599. The van der Waals surface area contributed by atoms with E-state index < -0.39 is 6.10 Å². The Balaban J connectivity index is 3.48. The van der Waals surface area contributed by atoms with Gasteiger partial charge in [0.05, 0.1) is 6.61 Å². The van der Waals surface area contributed by atoms with E-state index in [2.05, 4.69) is 135 Å². The molecule has 0 radical (unpaired) electrons. The van der Waals surface area contributed by atoms with Gasteiger partial charge in [-0.05, 0) is 103 Å². The summed E-state index contributed by atoms with van der Waals surface area (Å²) in [5.41, 5.74) is 0. The summed E-state index contributed by atoms with van der Waals surface area (Å²) in [6, 6.07) is 0. The standard InChI is InChI=1S/C69H116O5/c1-3-5-7-9-11-13-15-17-19-21-23-25-27-28-29-30-31-32-33-34-35-36-37-38-39-40-42-44-46-48-50-52-54-56-58-60-62-64-69(72)74-67(65-70)66-73-68(71)63-61-59-57-55-53-51-49-47-45-43-41-26-24-22-20-18-16-14-12-10-8-6-4-2/h5-8,11-14,17-20,23-26,28-29,43,45,67,70H,3-4,9-10,15-16,21-22,27,30-42,44,46-66H2,1-2H3/b7-5-,8-6-,13-11-,14-12-,19-17-,20-18-,25-23-,26-24-,29-28-,45-43-. The van der Waals surface area contributed by atoms with E-state index in [1.807, 2.05) is 0 Å². The monoisotopic (exact) mass is 1020 g/mol. The number of esters is 2. The molecule has 1 N–H and O–H groups in total. The van der Waals surface area contributed by atoms with Gasteiger partial charge in [0, 0.05) is 12.8 Å². The fourth-order valence-corrected chi connectivity index (χ4v) is 8.67. The first-order chi connectivity index (χ1) is 36.6. The molecule has 0 aliphatic rings. The molecule has 5 heteroatoms. The van der Waals surface area contributed by atoms with E-state index in [0.29, 0.717) is 12.8 Å². The van der Waals surface area contributed by atoms with Gasteiger partial charge in [-0.3, -0.25) is 9.59 Å². The first kappa shape index (κ1) is 70.3. The van der Waals surface area contributed by atoms with Crippen LogP contribution in [0.5, 0.6) is 0 Å². The normalized spacial score (nSPS) is 13.1. The number of aliphatic hydroxyl groups is 1. The Labute approximate surface area is 458 Å². The molecule has 0 aromatic rings. The molecule has 422 valence electrons. The molecular weight excluding hydrogens is 909 g/mol. The van der Waals surface area contributed by atoms with Crippen molar-refractivity contribution in [1.29, 1.82) is 0 Å². The molecule has 0 heterocycles. The van der Waals surface area contributed by atoms with Crippen molar-refractivity contribution in [2.75, 3.05) is 13.2 Å². The molecular formula is C69H116O5. The maximum Gasteiger partial charge on any atom is 0.306 e. The largest absolute Gasteiger partial charge is 0.462 e. The highest BCUT2D eigenvalue weighted by Gasteiger charge is 2.16. The lowest BCUT2D eigenvalue weighted by atomic mass is 10.0. The number of ether oxygens (including phenoxy) is 2. The zero-order chi connectivity index (χ0) is 53.4. The predicted octanol–water partition coefficient (Wildman–Crippen LogP) is 21.4. The first-order valence-electron chi connectivity index (χ1n) is 31.1. The van der Waals surface area contributed by atoms with Crippen LogP contribution in [0.4, 0.5) is 0 Å². The van der Waals surface area contributed by atoms with Gasteiger partial charge in [-0.2, -0.15) is 0 Å². The minimum atomic E-state index is -0.783. The van der Waals surface area contributed by atoms with Crippen LogP contribution in [0.1, 0.15) is 284 Å². The van der Waals surface area contributed by atoms with Gasteiger partial charge in [0.2, 0.25) is 0 Å². The molecule has 0 saturated heterocycles. The van der Waals surface area contributed by atoms with Gasteiger partial charge in [-0.25, -0.2) is 0 Å². The second kappa shape index (κ2) is 63.6. The number of unbranched alkanes of at least 4 members (excludes halogenated alkanes) is 28. The van der Waals surface area contributed by atoms with E-state index in [0.717, 1.165) is 109 Å². The number of rotatable bonds is 56. The molecule has 0 aromatic carbocycles. The van der Waals surface area contributed by atoms with E-state index in [9.17, 15) is 14.7 Å². The topological polar surface area (TPSA) is 72.8 Å². The lowest BCUT2D eigenvalue weighted by Crippen LogP contribution is -2.28. The number of allylic oxidation sites excluding steroid dienone is 20. The van der Waals surface area contributed by atoms with E-state index in [1.165, 1.54) is 148 Å². The summed E-state index contributed by atoms with van der Waals surface area (Å²) in [7, 11) is 0. The molecule has 74 heavy (non-hydrogen) atoms. The van der Waals surface area contributed by atoms with Crippen molar-refractivity contribution >= 4 is 11.9 Å². The number of carbonyl (C=O) groups excluding carboxylic acids is 2. The van der Waals surface area contributed by atoms with E-state index in [4.69, 9.17) is 9.47 Å². The van der Waals surface area contributed by atoms with Crippen LogP contribution in [0, 0.1) is 0 Å². The van der Waals surface area contributed by atoms with Crippen LogP contribution in [0.2, 0.25) is 0 Å². The average molecular weight is 1030 g/mol. The third-order valence-corrected chi connectivity index (χ3v) is 13.3. The molecule has 0 fully saturated rings. The molecule has 0 amide bonds. The molecule has 0 rings (SSSR count). The second-order valence-corrected chi connectivity index (χ2v) is 20.4. The van der Waals surface area contributed by atoms with Gasteiger partial charge < -0.3 is 14.6 Å². The van der Waals surface area contributed by atoms with E-state index in [1.54, 1.807) is 0 Å². The summed E-state index contributed by atoms with van der Waals surface area (Å²) in [5, 5.41) is 9.67. The fourth-order valence-electron chi connectivity index (χ4n) is 8.67. The zero-order valence-corrected chi connectivity index (χ0v) is 48.3. The Morgan fingerprint density at radius 3 is 0.811 bits per heavy atom. The van der Waals surface area contributed by atoms with E-state index in [-0.39, 0.29) is 25.2 Å². The number of hydrogen-bond donors (Lipinski definition) is 1. The third kappa shape index (κ3) is 60.9. The summed E-state index contributed by atoms with van der Waals surface area (Å²) in [6.07, 6.45) is 93.4. The molecule has 0 spiro atoms. The highest BCUT2D eigenvalue weighted by molar-refractivity contribution is 5.70. The van der Waals surface area contributed by atoms with Gasteiger partial charge in [-0.1, -0.05) is 289 Å². The third-order valence-electron chi connectivity index (χ3n) is 13.3. The predicted molar refractivity (Wildman–Crippen MR) is 325 cm³/mol. The van der Waals surface area contributed by atoms with E-state index >= 15 is 0 Å². The summed E-state index contributed by atoms with van der Waals surface area (Å²) < 4.78 is 10.7. The van der Waals surface area contributed by atoms with Crippen molar-refractivity contribution in [2.45, 2.75) is 290 Å². The molecule has 0 saturated carbocycles. The molecule has 0 bridgehead atoms. The van der Waals surface area contributed by atoms with Crippen molar-refractivity contribution in [3.63, 3.8) is 0 Å². The van der Waals surface area contributed by atoms with Gasteiger partial charge >= 0.3 is 11.9 Å². The van der Waals surface area contributed by atoms with Crippen LogP contribution in [-0.4, -0.2) is 36.4 Å². The SMILES string of the molecule is CC/C=C\C/C=C\C/C=C\C/C=C\C/C=C\CCCCCCCCCCCCCCCCCCCCCCCC(=O)OC(CO)COC(=O)CCCCCCCCC/C=C\C/C=C\C/C=C\C/C=C\C/C=C\CC. The van der Waals surface area contributed by atoms with Crippen LogP contribution >= 0.6 is 0 Å². The quantitative estimate of drug-likeness (QED) is 0.0373. The molecule has 5 nitrogen and oxygen atoms in total. The summed E-state index contributed by atoms with van der Waals surface area (Å²) in [6.45, 7) is 3.92. The molecule has 1 unspecified atom stereocenters. The van der Waals surface area contributed by atoms with Crippen LogP contribution in [0.25, 0.3) is 0 Å². The molecule has 0 aliphatic carbocycles. The van der Waals surface area contributed by atoms with Crippen LogP contribution in [-0.2, 0) is 19.1 Å². The summed E-state index contributed by atoms with van der Waals surface area (Å²) in [4.78, 5) is 24.6. The zero-order valence-electron chi connectivity index (χ0n) is 48.3. The maximum absolute atomic E-state index is 12.3. The molecule has 0 aromatic heterocycles. The smallest absolute Gasteiger partial charge is 0.306 e. The van der Waals surface area contributed by atoms with Crippen molar-refractivity contribution in [2.24, 2.45) is 0 Å². The highest BCUT2D eigenvalue weighted by Crippen LogP contribution is 2.17.